The number of carbonyl (C=O) groups excluding carboxylic acids is 2. The molecule has 0 saturated carbocycles. The van der Waals surface area contributed by atoms with Crippen LogP contribution in [0.3, 0.4) is 0 Å². The second kappa shape index (κ2) is 10.2. The molecule has 0 spiro atoms. The SMILES string of the molecule is CC(C)c1ccc(-n2c3c(cc(C(=O)N[C@H](C)CCc4ccccc4)c2=O)C(=O)CCC3)cc1. The Morgan fingerprint density at radius 3 is 2.35 bits per heavy atom. The number of fused-ring (bicyclic) bond motifs is 1. The molecule has 1 N–H and O–H groups in total. The van der Waals surface area contributed by atoms with Gasteiger partial charge in [0.25, 0.3) is 11.5 Å². The van der Waals surface area contributed by atoms with Crippen LogP contribution in [0, 0.1) is 0 Å². The maximum absolute atomic E-state index is 13.6. The van der Waals surface area contributed by atoms with E-state index in [1.165, 1.54) is 17.2 Å². The molecule has 1 amide bonds. The Morgan fingerprint density at radius 2 is 1.68 bits per heavy atom. The quantitative estimate of drug-likeness (QED) is 0.529. The number of aryl methyl sites for hydroxylation is 1. The number of hydrogen-bond donors (Lipinski definition) is 1. The van der Waals surface area contributed by atoms with Crippen LogP contribution in [0.5, 0.6) is 0 Å². The van der Waals surface area contributed by atoms with Crippen LogP contribution in [0.1, 0.15) is 83.5 Å². The Labute approximate surface area is 200 Å². The first-order valence-corrected chi connectivity index (χ1v) is 12.1. The predicted octanol–water partition coefficient (Wildman–Crippen LogP) is 5.23. The van der Waals surface area contributed by atoms with Gasteiger partial charge < -0.3 is 5.32 Å². The molecule has 1 atom stereocenters. The average molecular weight is 457 g/mol. The van der Waals surface area contributed by atoms with Crippen LogP contribution in [0.2, 0.25) is 0 Å². The summed E-state index contributed by atoms with van der Waals surface area (Å²) in [6.45, 7) is 6.17. The minimum atomic E-state index is -0.431. The summed E-state index contributed by atoms with van der Waals surface area (Å²) < 4.78 is 1.57. The molecule has 1 aliphatic carbocycles. The molecule has 3 aromatic rings. The normalized spacial score (nSPS) is 14.1. The highest BCUT2D eigenvalue weighted by atomic mass is 16.2. The molecular formula is C29H32N2O3. The third-order valence-electron chi connectivity index (χ3n) is 6.57. The largest absolute Gasteiger partial charge is 0.349 e. The van der Waals surface area contributed by atoms with Gasteiger partial charge in [0.1, 0.15) is 5.56 Å². The van der Waals surface area contributed by atoms with E-state index in [0.717, 1.165) is 12.8 Å². The lowest BCUT2D eigenvalue weighted by Crippen LogP contribution is -2.39. The fourth-order valence-electron chi connectivity index (χ4n) is 4.54. The molecule has 0 unspecified atom stereocenters. The number of nitrogens with one attached hydrogen (secondary N) is 1. The van der Waals surface area contributed by atoms with Crippen molar-refractivity contribution in [3.05, 3.63) is 99.0 Å². The van der Waals surface area contributed by atoms with Crippen molar-refractivity contribution >= 4 is 11.7 Å². The summed E-state index contributed by atoms with van der Waals surface area (Å²) in [6, 6.07) is 19.3. The molecule has 4 rings (SSSR count). The Hall–Kier alpha value is -3.47. The summed E-state index contributed by atoms with van der Waals surface area (Å²) >= 11 is 0. The number of ketones is 1. The molecule has 34 heavy (non-hydrogen) atoms. The number of aromatic nitrogens is 1. The number of benzene rings is 2. The average Bonchev–Trinajstić information content (AvgIpc) is 2.83. The van der Waals surface area contributed by atoms with Crippen molar-refractivity contribution in [2.75, 3.05) is 0 Å². The maximum Gasteiger partial charge on any atom is 0.268 e. The first-order valence-electron chi connectivity index (χ1n) is 12.1. The number of rotatable bonds is 7. The Kier molecular flexibility index (Phi) is 7.11. The molecule has 176 valence electrons. The lowest BCUT2D eigenvalue weighted by atomic mass is 9.92. The van der Waals surface area contributed by atoms with Crippen molar-refractivity contribution in [2.24, 2.45) is 0 Å². The zero-order chi connectivity index (χ0) is 24.2. The molecule has 0 aliphatic heterocycles. The molecule has 0 saturated heterocycles. The van der Waals surface area contributed by atoms with Crippen LogP contribution in [-0.2, 0) is 12.8 Å². The summed E-state index contributed by atoms with van der Waals surface area (Å²) in [5.41, 5.74) is 3.89. The highest BCUT2D eigenvalue weighted by Crippen LogP contribution is 2.25. The molecule has 2 aromatic carbocycles. The summed E-state index contributed by atoms with van der Waals surface area (Å²) in [5.74, 6) is -0.0741. The van der Waals surface area contributed by atoms with Crippen molar-refractivity contribution in [3.8, 4) is 5.69 Å². The van der Waals surface area contributed by atoms with E-state index in [1.807, 2.05) is 49.4 Å². The van der Waals surface area contributed by atoms with Gasteiger partial charge in [-0.25, -0.2) is 0 Å². The minimum absolute atomic E-state index is 0.0139. The molecule has 5 heteroatoms. The first kappa shape index (κ1) is 23.7. The zero-order valence-corrected chi connectivity index (χ0v) is 20.1. The smallest absolute Gasteiger partial charge is 0.268 e. The summed E-state index contributed by atoms with van der Waals surface area (Å²) in [7, 11) is 0. The fourth-order valence-corrected chi connectivity index (χ4v) is 4.54. The van der Waals surface area contributed by atoms with Gasteiger partial charge in [0, 0.05) is 29.4 Å². The molecular weight excluding hydrogens is 424 g/mol. The Balaban J connectivity index is 1.65. The van der Waals surface area contributed by atoms with Gasteiger partial charge in [0.15, 0.2) is 5.78 Å². The van der Waals surface area contributed by atoms with E-state index in [2.05, 4.69) is 31.3 Å². The number of nitrogens with zero attached hydrogens (tertiary/aromatic N) is 1. The van der Waals surface area contributed by atoms with Gasteiger partial charge in [-0.05, 0) is 67.9 Å². The standard InChI is InChI=1S/C29H32N2O3/c1-19(2)22-14-16-23(17-15-22)31-26-10-7-11-27(32)24(26)18-25(29(31)34)28(33)30-20(3)12-13-21-8-5-4-6-9-21/h4-6,8-9,14-20H,7,10-13H2,1-3H3,(H,30,33)/t20-/m1/s1. The number of pyridine rings is 1. The van der Waals surface area contributed by atoms with Gasteiger partial charge in [-0.2, -0.15) is 0 Å². The lowest BCUT2D eigenvalue weighted by molar-refractivity contribution is 0.0936. The van der Waals surface area contributed by atoms with Gasteiger partial charge in [0.05, 0.1) is 0 Å². The monoisotopic (exact) mass is 456 g/mol. The number of amides is 1. The molecule has 0 radical (unpaired) electrons. The Bertz CT molecular complexity index is 1240. The van der Waals surface area contributed by atoms with Crippen LogP contribution in [0.25, 0.3) is 5.69 Å². The highest BCUT2D eigenvalue weighted by molar-refractivity contribution is 6.02. The van der Waals surface area contributed by atoms with E-state index < -0.39 is 5.91 Å². The van der Waals surface area contributed by atoms with E-state index in [9.17, 15) is 14.4 Å². The zero-order valence-electron chi connectivity index (χ0n) is 20.1. The molecule has 0 fully saturated rings. The molecule has 1 aromatic heterocycles. The fraction of sp³-hybridized carbons (Fsp3) is 0.345. The van der Waals surface area contributed by atoms with Gasteiger partial charge in [0.2, 0.25) is 0 Å². The highest BCUT2D eigenvalue weighted by Gasteiger charge is 2.26. The summed E-state index contributed by atoms with van der Waals surface area (Å²) in [4.78, 5) is 39.5. The third kappa shape index (κ3) is 5.04. The van der Waals surface area contributed by atoms with Crippen molar-refractivity contribution < 1.29 is 9.59 Å². The van der Waals surface area contributed by atoms with Gasteiger partial charge in [-0.1, -0.05) is 56.3 Å². The maximum atomic E-state index is 13.6. The molecule has 1 heterocycles. The lowest BCUT2D eigenvalue weighted by Gasteiger charge is -2.22. The first-order chi connectivity index (χ1) is 16.3. The summed E-state index contributed by atoms with van der Waals surface area (Å²) in [5, 5.41) is 2.97. The third-order valence-corrected chi connectivity index (χ3v) is 6.57. The van der Waals surface area contributed by atoms with Crippen LogP contribution >= 0.6 is 0 Å². The van der Waals surface area contributed by atoms with Crippen LogP contribution in [0.4, 0.5) is 0 Å². The van der Waals surface area contributed by atoms with Crippen molar-refractivity contribution in [3.63, 3.8) is 0 Å². The number of carbonyl (C=O) groups is 2. The minimum Gasteiger partial charge on any atom is -0.349 e. The predicted molar refractivity (Wildman–Crippen MR) is 135 cm³/mol. The number of Topliss-reactive ketones (excluding diaryl/α,β-unsaturated/α-hetero) is 1. The molecule has 1 aliphatic rings. The van der Waals surface area contributed by atoms with Crippen LogP contribution in [-0.4, -0.2) is 22.3 Å². The van der Waals surface area contributed by atoms with E-state index in [4.69, 9.17) is 0 Å². The van der Waals surface area contributed by atoms with Crippen molar-refractivity contribution in [1.82, 2.24) is 9.88 Å². The van der Waals surface area contributed by atoms with Crippen LogP contribution in [0.15, 0.2) is 65.5 Å². The van der Waals surface area contributed by atoms with E-state index >= 15 is 0 Å². The second-order valence-corrected chi connectivity index (χ2v) is 9.48. The van der Waals surface area contributed by atoms with Gasteiger partial charge in [-0.15, -0.1) is 0 Å². The second-order valence-electron chi connectivity index (χ2n) is 9.48. The van der Waals surface area contributed by atoms with E-state index in [0.29, 0.717) is 42.1 Å². The van der Waals surface area contributed by atoms with Crippen molar-refractivity contribution in [1.29, 1.82) is 0 Å². The van der Waals surface area contributed by atoms with Crippen LogP contribution < -0.4 is 10.9 Å². The topological polar surface area (TPSA) is 68.2 Å². The van der Waals surface area contributed by atoms with Gasteiger partial charge in [-0.3, -0.25) is 19.0 Å². The van der Waals surface area contributed by atoms with Gasteiger partial charge >= 0.3 is 0 Å². The molecule has 5 nitrogen and oxygen atoms in total. The molecule has 0 bridgehead atoms. The number of hydrogen-bond acceptors (Lipinski definition) is 3. The summed E-state index contributed by atoms with van der Waals surface area (Å²) in [6.07, 6.45) is 3.36. The van der Waals surface area contributed by atoms with E-state index in [-0.39, 0.29) is 22.9 Å². The van der Waals surface area contributed by atoms with E-state index in [1.54, 1.807) is 4.57 Å². The van der Waals surface area contributed by atoms with Crippen molar-refractivity contribution in [2.45, 2.75) is 64.8 Å². The Morgan fingerprint density at radius 1 is 0.971 bits per heavy atom.